The molecule has 0 aliphatic heterocycles. The molecule has 0 spiro atoms. The van der Waals surface area contributed by atoms with Crippen LogP contribution in [0.25, 0.3) is 11.0 Å². The maximum Gasteiger partial charge on any atom is 0.271 e. The van der Waals surface area contributed by atoms with Crippen LogP contribution in [0.15, 0.2) is 87.9 Å². The fraction of sp³-hybridized carbons (Fsp3) is 0.125. The minimum atomic E-state index is -3.50. The number of nitrogens with zero attached hydrogens (tertiary/aromatic N) is 2. The Bertz CT molecular complexity index is 1410. The summed E-state index contributed by atoms with van der Waals surface area (Å²) in [5.74, 6) is 0.392. The maximum atomic E-state index is 12.5. The molecule has 174 valence electrons. The lowest BCUT2D eigenvalue weighted by Crippen LogP contribution is -2.20. The third kappa shape index (κ3) is 5.53. The summed E-state index contributed by atoms with van der Waals surface area (Å²) in [6, 6.07) is 21.5. The van der Waals surface area contributed by atoms with Crippen LogP contribution in [0.5, 0.6) is 0 Å². The number of amides is 1. The quantitative estimate of drug-likeness (QED) is 0.195. The van der Waals surface area contributed by atoms with Crippen molar-refractivity contribution in [1.29, 1.82) is 0 Å². The molecular weight excluding hydrogens is 470 g/mol. The molecule has 0 aliphatic rings. The summed E-state index contributed by atoms with van der Waals surface area (Å²) < 4.78 is 25.9. The van der Waals surface area contributed by atoms with Crippen LogP contribution in [-0.2, 0) is 15.8 Å². The average molecular weight is 494 g/mol. The third-order valence-electron chi connectivity index (χ3n) is 5.14. The third-order valence-corrected chi connectivity index (χ3v) is 7.51. The molecule has 0 bridgehead atoms. The predicted octanol–water partition coefficient (Wildman–Crippen LogP) is 3.92. The fourth-order valence-electron chi connectivity index (χ4n) is 3.16. The number of aromatic amines is 1. The van der Waals surface area contributed by atoms with E-state index < -0.39 is 10.0 Å². The first-order valence-electron chi connectivity index (χ1n) is 10.4. The van der Waals surface area contributed by atoms with E-state index in [1.54, 1.807) is 43.0 Å². The Kier molecular flexibility index (Phi) is 7.11. The number of para-hydroxylation sites is 2. The molecule has 34 heavy (non-hydrogen) atoms. The molecule has 3 N–H and O–H groups in total. The normalized spacial score (nSPS) is 12.1. The summed E-state index contributed by atoms with van der Waals surface area (Å²) in [7, 11) is -2.14. The number of rotatable bonds is 8. The molecule has 0 saturated heterocycles. The smallest absolute Gasteiger partial charge is 0.271 e. The van der Waals surface area contributed by atoms with Crippen molar-refractivity contribution in [3.63, 3.8) is 0 Å². The second-order valence-corrected chi connectivity index (χ2v) is 10.3. The lowest BCUT2D eigenvalue weighted by atomic mass is 10.1. The molecule has 1 aromatic heterocycles. The zero-order chi connectivity index (χ0) is 24.1. The van der Waals surface area contributed by atoms with Crippen molar-refractivity contribution >= 4 is 44.4 Å². The highest BCUT2D eigenvalue weighted by atomic mass is 32.2. The van der Waals surface area contributed by atoms with E-state index in [1.165, 1.54) is 19.2 Å². The van der Waals surface area contributed by atoms with Gasteiger partial charge in [0.25, 0.3) is 5.91 Å². The van der Waals surface area contributed by atoms with Gasteiger partial charge in [0.2, 0.25) is 10.0 Å². The summed E-state index contributed by atoms with van der Waals surface area (Å²) in [5, 5.41) is 4.99. The first-order valence-corrected chi connectivity index (χ1v) is 12.9. The van der Waals surface area contributed by atoms with Crippen molar-refractivity contribution in [2.75, 3.05) is 7.05 Å². The molecule has 4 rings (SSSR count). The van der Waals surface area contributed by atoms with E-state index in [0.29, 0.717) is 16.8 Å². The standard InChI is InChI=1S/C24H23N5O3S2/c1-16(18-11-13-20(14-12-18)34(31,32)25-2)28-29-23(30)19-9-7-17(8-10-19)15-33-24-26-21-5-3-4-6-22(21)27-24/h3-14,25H,15H2,1-2H3,(H,26,27)(H,29,30)/b28-16+. The lowest BCUT2D eigenvalue weighted by molar-refractivity contribution is 0.0955. The van der Waals surface area contributed by atoms with E-state index >= 15 is 0 Å². The van der Waals surface area contributed by atoms with Crippen molar-refractivity contribution in [3.8, 4) is 0 Å². The van der Waals surface area contributed by atoms with Gasteiger partial charge in [-0.1, -0.05) is 48.2 Å². The van der Waals surface area contributed by atoms with Crippen LogP contribution in [0.4, 0.5) is 0 Å². The van der Waals surface area contributed by atoms with Crippen LogP contribution in [0.2, 0.25) is 0 Å². The molecule has 1 amide bonds. The van der Waals surface area contributed by atoms with Gasteiger partial charge in [-0.25, -0.2) is 23.5 Å². The monoisotopic (exact) mass is 493 g/mol. The summed E-state index contributed by atoms with van der Waals surface area (Å²) in [4.78, 5) is 20.5. The zero-order valence-corrected chi connectivity index (χ0v) is 20.2. The van der Waals surface area contributed by atoms with Gasteiger partial charge in [-0.05, 0) is 61.5 Å². The van der Waals surface area contributed by atoms with E-state index in [2.05, 4.69) is 25.2 Å². The van der Waals surface area contributed by atoms with Gasteiger partial charge in [0, 0.05) is 11.3 Å². The molecule has 0 atom stereocenters. The van der Waals surface area contributed by atoms with Crippen LogP contribution in [0, 0.1) is 0 Å². The lowest BCUT2D eigenvalue weighted by Gasteiger charge is -2.06. The Labute approximate surface area is 201 Å². The van der Waals surface area contributed by atoms with Crippen LogP contribution < -0.4 is 10.1 Å². The van der Waals surface area contributed by atoms with Gasteiger partial charge in [-0.2, -0.15) is 5.10 Å². The molecule has 0 saturated carbocycles. The summed E-state index contributed by atoms with van der Waals surface area (Å²) in [6.45, 7) is 1.74. The van der Waals surface area contributed by atoms with Gasteiger partial charge in [0.1, 0.15) is 0 Å². The van der Waals surface area contributed by atoms with Gasteiger partial charge >= 0.3 is 0 Å². The van der Waals surface area contributed by atoms with E-state index in [4.69, 9.17) is 0 Å². The Balaban J connectivity index is 1.34. The van der Waals surface area contributed by atoms with Crippen molar-refractivity contribution < 1.29 is 13.2 Å². The predicted molar refractivity (Wildman–Crippen MR) is 134 cm³/mol. The number of hydrogen-bond acceptors (Lipinski definition) is 6. The van der Waals surface area contributed by atoms with Crippen LogP contribution in [0.1, 0.15) is 28.4 Å². The SMILES string of the molecule is CNS(=O)(=O)c1ccc(/C(C)=N/NC(=O)c2ccc(CSc3nc4ccccc4[nH]3)cc2)cc1. The largest absolute Gasteiger partial charge is 0.333 e. The average Bonchev–Trinajstić information content (AvgIpc) is 3.29. The van der Waals surface area contributed by atoms with E-state index in [0.717, 1.165) is 27.5 Å². The number of H-pyrrole nitrogens is 1. The first kappa shape index (κ1) is 23.7. The number of carbonyl (C=O) groups excluding carboxylic acids is 1. The Hall–Kier alpha value is -3.47. The summed E-state index contributed by atoms with van der Waals surface area (Å²) in [6.07, 6.45) is 0. The molecule has 10 heteroatoms. The molecule has 0 radical (unpaired) electrons. The van der Waals surface area contributed by atoms with Crippen molar-refractivity contribution in [3.05, 3.63) is 89.5 Å². The Morgan fingerprint density at radius 1 is 1.00 bits per heavy atom. The second-order valence-electron chi connectivity index (χ2n) is 7.41. The Morgan fingerprint density at radius 2 is 1.68 bits per heavy atom. The van der Waals surface area contributed by atoms with Crippen LogP contribution in [0.3, 0.4) is 0 Å². The maximum absolute atomic E-state index is 12.5. The summed E-state index contributed by atoms with van der Waals surface area (Å²) >= 11 is 1.60. The number of nitrogens with one attached hydrogen (secondary N) is 3. The molecule has 0 fully saturated rings. The van der Waals surface area contributed by atoms with Gasteiger partial charge in [-0.15, -0.1) is 0 Å². The van der Waals surface area contributed by atoms with Gasteiger partial charge in [0.15, 0.2) is 5.16 Å². The molecule has 4 aromatic rings. The molecule has 0 unspecified atom stereocenters. The molecule has 1 heterocycles. The van der Waals surface area contributed by atoms with Gasteiger partial charge in [0.05, 0.1) is 21.6 Å². The number of aromatic nitrogens is 2. The highest BCUT2D eigenvalue weighted by Crippen LogP contribution is 2.23. The number of fused-ring (bicyclic) bond motifs is 1. The van der Waals surface area contributed by atoms with Crippen molar-refractivity contribution in [2.45, 2.75) is 22.7 Å². The number of benzene rings is 3. The van der Waals surface area contributed by atoms with E-state index in [-0.39, 0.29) is 10.8 Å². The minimum Gasteiger partial charge on any atom is -0.333 e. The highest BCUT2D eigenvalue weighted by molar-refractivity contribution is 7.98. The first-order chi connectivity index (χ1) is 16.4. The molecule has 8 nitrogen and oxygen atoms in total. The number of hydrazone groups is 1. The number of hydrogen-bond donors (Lipinski definition) is 3. The second kappa shape index (κ2) is 10.2. The van der Waals surface area contributed by atoms with Gasteiger partial charge < -0.3 is 4.98 Å². The number of imidazole rings is 1. The minimum absolute atomic E-state index is 0.161. The van der Waals surface area contributed by atoms with Crippen molar-refractivity contribution in [1.82, 2.24) is 20.1 Å². The summed E-state index contributed by atoms with van der Waals surface area (Å²) in [5.41, 5.74) is 7.30. The van der Waals surface area contributed by atoms with E-state index in [1.807, 2.05) is 36.4 Å². The zero-order valence-electron chi connectivity index (χ0n) is 18.6. The number of carbonyl (C=O) groups is 1. The highest BCUT2D eigenvalue weighted by Gasteiger charge is 2.11. The number of sulfonamides is 1. The van der Waals surface area contributed by atoms with Crippen LogP contribution >= 0.6 is 11.8 Å². The van der Waals surface area contributed by atoms with Crippen LogP contribution in [-0.4, -0.2) is 37.1 Å². The van der Waals surface area contributed by atoms with Crippen molar-refractivity contribution in [2.24, 2.45) is 5.10 Å². The fourth-order valence-corrected chi connectivity index (χ4v) is 4.73. The molecular formula is C24H23N5O3S2. The van der Waals surface area contributed by atoms with E-state index in [9.17, 15) is 13.2 Å². The Morgan fingerprint density at radius 3 is 2.35 bits per heavy atom. The molecule has 3 aromatic carbocycles. The topological polar surface area (TPSA) is 116 Å². The van der Waals surface area contributed by atoms with Gasteiger partial charge in [-0.3, -0.25) is 4.79 Å². The number of thioether (sulfide) groups is 1. The molecule has 0 aliphatic carbocycles.